The molecule has 3 aromatic heterocycles. The van der Waals surface area contributed by atoms with Crippen LogP contribution in [0.2, 0.25) is 0 Å². The van der Waals surface area contributed by atoms with E-state index in [4.69, 9.17) is 11.5 Å². The molecule has 1 aliphatic heterocycles. The second-order valence-electron chi connectivity index (χ2n) is 10.5. The van der Waals surface area contributed by atoms with Gasteiger partial charge in [0.05, 0.1) is 23.2 Å². The number of piperidine rings is 1. The molecular formula is C28H30F3N7O4S2. The maximum absolute atomic E-state index is 13.9. The Morgan fingerprint density at radius 1 is 1.18 bits per heavy atom. The van der Waals surface area contributed by atoms with E-state index in [0.29, 0.717) is 37.3 Å². The van der Waals surface area contributed by atoms with Crippen molar-refractivity contribution in [3.8, 4) is 11.1 Å². The van der Waals surface area contributed by atoms with Crippen molar-refractivity contribution >= 4 is 54.7 Å². The fraction of sp³-hybridized carbons (Fsp3) is 0.321. The minimum Gasteiger partial charge on any atom is -0.397 e. The molecule has 1 unspecified atom stereocenters. The molecule has 1 fully saturated rings. The predicted octanol–water partition coefficient (Wildman–Crippen LogP) is 3.72. The van der Waals surface area contributed by atoms with E-state index in [-0.39, 0.29) is 39.2 Å². The zero-order valence-corrected chi connectivity index (χ0v) is 25.1. The average Bonchev–Trinajstić information content (AvgIpc) is 3.31. The van der Waals surface area contributed by atoms with Crippen LogP contribution in [0.25, 0.3) is 21.3 Å². The molecule has 1 aromatic carbocycles. The highest BCUT2D eigenvalue weighted by Crippen LogP contribution is 2.43. The molecule has 0 bridgehead atoms. The molecular weight excluding hydrogens is 619 g/mol. The van der Waals surface area contributed by atoms with Crippen LogP contribution in [0.15, 0.2) is 48.7 Å². The molecule has 0 spiro atoms. The van der Waals surface area contributed by atoms with E-state index in [1.165, 1.54) is 0 Å². The summed E-state index contributed by atoms with van der Waals surface area (Å²) < 4.78 is 67.3. The highest BCUT2D eigenvalue weighted by molar-refractivity contribution is 7.92. The molecule has 1 amide bonds. The van der Waals surface area contributed by atoms with Gasteiger partial charge >= 0.3 is 6.18 Å². The second kappa shape index (κ2) is 12.2. The van der Waals surface area contributed by atoms with Crippen molar-refractivity contribution < 1.29 is 31.5 Å². The van der Waals surface area contributed by atoms with E-state index in [1.54, 1.807) is 41.4 Å². The summed E-state index contributed by atoms with van der Waals surface area (Å²) in [6.45, 7) is 1.07. The van der Waals surface area contributed by atoms with Gasteiger partial charge in [-0.05, 0) is 42.7 Å². The fourth-order valence-corrected chi connectivity index (χ4v) is 6.64. The highest BCUT2D eigenvalue weighted by Gasteiger charge is 2.37. The first kappa shape index (κ1) is 31.4. The van der Waals surface area contributed by atoms with Gasteiger partial charge in [-0.1, -0.05) is 18.2 Å². The molecule has 234 valence electrons. The van der Waals surface area contributed by atoms with Gasteiger partial charge in [0.25, 0.3) is 5.91 Å². The number of nitrogens with one attached hydrogen (secondary N) is 2. The van der Waals surface area contributed by atoms with Crippen LogP contribution in [0.3, 0.4) is 0 Å². The van der Waals surface area contributed by atoms with Gasteiger partial charge in [0.15, 0.2) is 0 Å². The number of halogens is 3. The summed E-state index contributed by atoms with van der Waals surface area (Å²) in [5.41, 5.74) is 12.2. The summed E-state index contributed by atoms with van der Waals surface area (Å²) in [5, 5.41) is 13.7. The third-order valence-electron chi connectivity index (χ3n) is 7.26. The number of nitrogens with zero attached hydrogens (tertiary/aromatic N) is 3. The lowest BCUT2D eigenvalue weighted by Gasteiger charge is -2.34. The van der Waals surface area contributed by atoms with Gasteiger partial charge < -0.3 is 26.8 Å². The molecule has 16 heteroatoms. The Morgan fingerprint density at radius 3 is 2.52 bits per heavy atom. The van der Waals surface area contributed by atoms with Gasteiger partial charge in [0.2, 0.25) is 10.0 Å². The van der Waals surface area contributed by atoms with Crippen LogP contribution in [-0.4, -0.2) is 61.3 Å². The van der Waals surface area contributed by atoms with Crippen LogP contribution >= 0.6 is 11.3 Å². The zero-order chi connectivity index (χ0) is 31.8. The molecule has 7 N–H and O–H groups in total. The number of carbonyl (C=O) groups excluding carboxylic acids is 1. The summed E-state index contributed by atoms with van der Waals surface area (Å²) in [6, 6.07) is 11.3. The van der Waals surface area contributed by atoms with Crippen molar-refractivity contribution in [2.45, 2.75) is 31.2 Å². The lowest BCUT2D eigenvalue weighted by atomic mass is 10.0. The number of rotatable bonds is 9. The largest absolute Gasteiger partial charge is 0.417 e. The molecule has 1 aliphatic rings. The average molecular weight is 650 g/mol. The minimum atomic E-state index is -4.71. The standard InChI is InChI=1S/C28H30F3N7O4S2/c1-44(41,42)37-18-4-2-3-15(11-18)16-5-6-20(35-13-16)21(39)14-34-17-7-9-38(10-8-17)22-12-19(28(29,30)31)23-24(32)25(26(33)40)43-27(23)36-22/h2-6,11-13,17,21,34,37,39H,7-10,14,32H2,1H3,(H2,33,40). The third-order valence-corrected chi connectivity index (χ3v) is 8.98. The maximum Gasteiger partial charge on any atom is 0.417 e. The number of alkyl halides is 3. The van der Waals surface area contributed by atoms with Crippen molar-refractivity contribution in [1.29, 1.82) is 0 Å². The van der Waals surface area contributed by atoms with E-state index in [9.17, 15) is 31.5 Å². The topological polar surface area (TPSA) is 177 Å². The zero-order valence-electron chi connectivity index (χ0n) is 23.4. The molecule has 11 nitrogen and oxygen atoms in total. The molecule has 1 saturated heterocycles. The normalized spacial score (nSPS) is 15.4. The SMILES string of the molecule is CS(=O)(=O)Nc1cccc(-c2ccc(C(O)CNC3CCN(c4cc(C(F)(F)F)c5c(N)c(C(N)=O)sc5n4)CC3)nc2)c1. The number of aliphatic hydroxyl groups is 1. The van der Waals surface area contributed by atoms with Gasteiger partial charge in [-0.2, -0.15) is 13.2 Å². The molecule has 4 heterocycles. The number of sulfonamides is 1. The quantitative estimate of drug-likeness (QED) is 0.181. The Labute approximate surface area is 255 Å². The van der Waals surface area contributed by atoms with Gasteiger partial charge in [0, 0.05) is 48.5 Å². The molecule has 0 saturated carbocycles. The Balaban J connectivity index is 1.20. The van der Waals surface area contributed by atoms with Crippen molar-refractivity contribution in [3.63, 3.8) is 0 Å². The fourth-order valence-electron chi connectivity index (χ4n) is 5.12. The Hall–Kier alpha value is -3.99. The smallest absolute Gasteiger partial charge is 0.397 e. The van der Waals surface area contributed by atoms with Crippen LogP contribution in [-0.2, 0) is 16.2 Å². The van der Waals surface area contributed by atoms with Gasteiger partial charge in [-0.3, -0.25) is 14.5 Å². The number of benzene rings is 1. The van der Waals surface area contributed by atoms with Crippen molar-refractivity contribution in [2.75, 3.05) is 41.2 Å². The number of anilines is 3. The Bertz CT molecular complexity index is 1790. The first-order valence-electron chi connectivity index (χ1n) is 13.5. The lowest BCUT2D eigenvalue weighted by Crippen LogP contribution is -2.44. The van der Waals surface area contributed by atoms with E-state index < -0.39 is 33.8 Å². The number of aliphatic hydroxyl groups excluding tert-OH is 1. The van der Waals surface area contributed by atoms with Gasteiger partial charge in [-0.25, -0.2) is 13.4 Å². The van der Waals surface area contributed by atoms with E-state index >= 15 is 0 Å². The van der Waals surface area contributed by atoms with Crippen LogP contribution in [0.4, 0.5) is 30.4 Å². The number of pyridine rings is 2. The van der Waals surface area contributed by atoms with Gasteiger partial charge in [-0.15, -0.1) is 11.3 Å². The molecule has 4 aromatic rings. The van der Waals surface area contributed by atoms with Crippen LogP contribution in [0.5, 0.6) is 0 Å². The van der Waals surface area contributed by atoms with Crippen LogP contribution < -0.4 is 26.4 Å². The van der Waals surface area contributed by atoms with Crippen LogP contribution in [0, 0.1) is 0 Å². The highest BCUT2D eigenvalue weighted by atomic mass is 32.2. The molecule has 0 aliphatic carbocycles. The van der Waals surface area contributed by atoms with Crippen molar-refractivity contribution in [1.82, 2.24) is 15.3 Å². The number of thiophene rings is 1. The predicted molar refractivity (Wildman–Crippen MR) is 164 cm³/mol. The lowest BCUT2D eigenvalue weighted by molar-refractivity contribution is -0.136. The number of fused-ring (bicyclic) bond motifs is 1. The number of amides is 1. The monoisotopic (exact) mass is 649 g/mol. The number of nitrogens with two attached hydrogens (primary N) is 2. The van der Waals surface area contributed by atoms with E-state index in [1.807, 2.05) is 6.07 Å². The van der Waals surface area contributed by atoms with E-state index in [0.717, 1.165) is 34.8 Å². The molecule has 1 atom stereocenters. The summed E-state index contributed by atoms with van der Waals surface area (Å²) in [6.07, 6.45) is -1.74. The van der Waals surface area contributed by atoms with Crippen molar-refractivity contribution in [2.24, 2.45) is 5.73 Å². The third kappa shape index (κ3) is 7.04. The minimum absolute atomic E-state index is 0.00119. The van der Waals surface area contributed by atoms with E-state index in [2.05, 4.69) is 20.0 Å². The Morgan fingerprint density at radius 2 is 1.91 bits per heavy atom. The number of aromatic nitrogens is 2. The summed E-state index contributed by atoms with van der Waals surface area (Å²) in [7, 11) is -3.42. The summed E-state index contributed by atoms with van der Waals surface area (Å²) in [4.78, 5) is 22.0. The number of carbonyl (C=O) groups is 1. The number of hydrogen-bond donors (Lipinski definition) is 5. The molecule has 0 radical (unpaired) electrons. The van der Waals surface area contributed by atoms with Crippen molar-refractivity contribution in [3.05, 3.63) is 64.8 Å². The van der Waals surface area contributed by atoms with Gasteiger partial charge in [0.1, 0.15) is 21.6 Å². The Kier molecular flexibility index (Phi) is 8.71. The number of primary amides is 1. The summed E-state index contributed by atoms with van der Waals surface area (Å²) >= 11 is 0.744. The molecule has 44 heavy (non-hydrogen) atoms. The maximum atomic E-state index is 13.9. The number of hydrogen-bond acceptors (Lipinski definition) is 10. The molecule has 5 rings (SSSR count). The summed E-state index contributed by atoms with van der Waals surface area (Å²) in [5.74, 6) is -0.767. The first-order chi connectivity index (χ1) is 20.7. The first-order valence-corrected chi connectivity index (χ1v) is 16.2. The second-order valence-corrected chi connectivity index (χ2v) is 13.3. The number of nitrogen functional groups attached to an aromatic ring is 1. The van der Waals surface area contributed by atoms with Crippen LogP contribution in [0.1, 0.15) is 39.9 Å².